The highest BCUT2D eigenvalue weighted by molar-refractivity contribution is 7.99. The van der Waals surface area contributed by atoms with E-state index in [1.54, 1.807) is 6.07 Å². The number of halogens is 1. The number of carbonyl (C=O) groups is 1. The van der Waals surface area contributed by atoms with Crippen molar-refractivity contribution in [2.45, 2.75) is 17.4 Å². The van der Waals surface area contributed by atoms with Gasteiger partial charge in [0.1, 0.15) is 0 Å². The van der Waals surface area contributed by atoms with E-state index < -0.39 is 12.1 Å². The number of thioether (sulfide) groups is 1. The molecule has 5 heteroatoms. The van der Waals surface area contributed by atoms with Crippen LogP contribution in [-0.4, -0.2) is 28.0 Å². The van der Waals surface area contributed by atoms with Crippen LogP contribution in [0.1, 0.15) is 6.42 Å². The molecule has 0 aliphatic heterocycles. The fourth-order valence-corrected chi connectivity index (χ4v) is 2.18. The van der Waals surface area contributed by atoms with Crippen molar-refractivity contribution >= 4 is 29.3 Å². The molecule has 15 heavy (non-hydrogen) atoms. The first-order chi connectivity index (χ1) is 7.09. The van der Waals surface area contributed by atoms with Crippen LogP contribution in [0.15, 0.2) is 29.2 Å². The van der Waals surface area contributed by atoms with Gasteiger partial charge in [0, 0.05) is 10.6 Å². The zero-order valence-electron chi connectivity index (χ0n) is 7.89. The second-order valence-electron chi connectivity index (χ2n) is 2.99. The van der Waals surface area contributed by atoms with Crippen LogP contribution in [0, 0.1) is 0 Å². The van der Waals surface area contributed by atoms with Gasteiger partial charge in [-0.2, -0.15) is 0 Å². The number of aliphatic hydroxyl groups excluding tert-OH is 1. The minimum absolute atomic E-state index is 0.239. The Bertz CT molecular complexity index is 343. The second-order valence-corrected chi connectivity index (χ2v) is 4.46. The lowest BCUT2D eigenvalue weighted by Crippen LogP contribution is -2.15. The highest BCUT2D eigenvalue weighted by atomic mass is 35.5. The summed E-state index contributed by atoms with van der Waals surface area (Å²) in [7, 11) is 0. The molecule has 3 nitrogen and oxygen atoms in total. The molecular formula is C10H11ClO3S. The van der Waals surface area contributed by atoms with Gasteiger partial charge in [-0.3, -0.25) is 4.79 Å². The Morgan fingerprint density at radius 3 is 2.73 bits per heavy atom. The van der Waals surface area contributed by atoms with Gasteiger partial charge in [-0.25, -0.2) is 0 Å². The van der Waals surface area contributed by atoms with Crippen LogP contribution >= 0.6 is 23.4 Å². The lowest BCUT2D eigenvalue weighted by atomic mass is 10.3. The molecule has 0 aliphatic carbocycles. The molecule has 2 N–H and O–H groups in total. The molecule has 0 saturated carbocycles. The first kappa shape index (κ1) is 12.4. The van der Waals surface area contributed by atoms with E-state index in [1.165, 1.54) is 11.8 Å². The zero-order chi connectivity index (χ0) is 11.3. The maximum Gasteiger partial charge on any atom is 0.306 e. The first-order valence-corrected chi connectivity index (χ1v) is 5.73. The van der Waals surface area contributed by atoms with Gasteiger partial charge in [-0.05, 0) is 12.1 Å². The predicted octanol–water partition coefficient (Wildman–Crippen LogP) is 2.27. The Hall–Kier alpha value is -0.710. The molecule has 1 rings (SSSR count). The fraction of sp³-hybridized carbons (Fsp3) is 0.300. The number of rotatable bonds is 5. The van der Waals surface area contributed by atoms with Crippen LogP contribution in [0.5, 0.6) is 0 Å². The van der Waals surface area contributed by atoms with Crippen molar-refractivity contribution in [2.24, 2.45) is 0 Å². The van der Waals surface area contributed by atoms with Gasteiger partial charge in [0.05, 0.1) is 17.5 Å². The molecule has 82 valence electrons. The van der Waals surface area contributed by atoms with Gasteiger partial charge in [-0.1, -0.05) is 23.7 Å². The quantitative estimate of drug-likeness (QED) is 0.783. The van der Waals surface area contributed by atoms with Crippen LogP contribution in [-0.2, 0) is 4.79 Å². The topological polar surface area (TPSA) is 57.5 Å². The van der Waals surface area contributed by atoms with Crippen molar-refractivity contribution in [2.75, 3.05) is 5.75 Å². The summed E-state index contributed by atoms with van der Waals surface area (Å²) in [5, 5.41) is 18.4. The van der Waals surface area contributed by atoms with Crippen LogP contribution in [0.3, 0.4) is 0 Å². The standard InChI is InChI=1S/C10H11ClO3S/c11-8-3-1-2-4-9(8)15-6-7(12)5-10(13)14/h1-4,7,12H,5-6H2,(H,13,14). The molecule has 0 fully saturated rings. The largest absolute Gasteiger partial charge is 0.481 e. The lowest BCUT2D eigenvalue weighted by molar-refractivity contribution is -0.138. The number of hydrogen-bond donors (Lipinski definition) is 2. The summed E-state index contributed by atoms with van der Waals surface area (Å²) in [5.41, 5.74) is 0. The molecule has 1 aromatic rings. The minimum Gasteiger partial charge on any atom is -0.481 e. The van der Waals surface area contributed by atoms with E-state index in [2.05, 4.69) is 0 Å². The molecule has 1 atom stereocenters. The minimum atomic E-state index is -0.998. The van der Waals surface area contributed by atoms with Crippen molar-refractivity contribution in [1.82, 2.24) is 0 Å². The third kappa shape index (κ3) is 4.55. The molecule has 1 aromatic carbocycles. The van der Waals surface area contributed by atoms with Crippen LogP contribution in [0.2, 0.25) is 5.02 Å². The van der Waals surface area contributed by atoms with Gasteiger partial charge in [0.2, 0.25) is 0 Å². The van der Waals surface area contributed by atoms with E-state index in [0.717, 1.165) is 4.90 Å². The molecule has 0 amide bonds. The van der Waals surface area contributed by atoms with Crippen LogP contribution in [0.4, 0.5) is 0 Å². The van der Waals surface area contributed by atoms with Crippen LogP contribution in [0.25, 0.3) is 0 Å². The average molecular weight is 247 g/mol. The first-order valence-electron chi connectivity index (χ1n) is 4.37. The SMILES string of the molecule is O=C(O)CC(O)CSc1ccccc1Cl. The number of carboxylic acid groups (broad SMARTS) is 1. The normalized spacial score (nSPS) is 12.4. The summed E-state index contributed by atoms with van der Waals surface area (Å²) in [6.45, 7) is 0. The molecule has 0 aliphatic rings. The summed E-state index contributed by atoms with van der Waals surface area (Å²) < 4.78 is 0. The molecule has 0 spiro atoms. The number of aliphatic carboxylic acids is 1. The number of carboxylic acids is 1. The van der Waals surface area contributed by atoms with Gasteiger partial charge >= 0.3 is 5.97 Å². The fourth-order valence-electron chi connectivity index (χ4n) is 1.01. The summed E-state index contributed by atoms with van der Waals surface area (Å²) in [5.74, 6) is -0.669. The van der Waals surface area contributed by atoms with Crippen molar-refractivity contribution < 1.29 is 15.0 Å². The molecule has 0 saturated heterocycles. The van der Waals surface area contributed by atoms with E-state index in [4.69, 9.17) is 16.7 Å². The third-order valence-corrected chi connectivity index (χ3v) is 3.34. The number of benzene rings is 1. The third-order valence-electron chi connectivity index (χ3n) is 1.68. The highest BCUT2D eigenvalue weighted by Gasteiger charge is 2.10. The van der Waals surface area contributed by atoms with Gasteiger partial charge in [0.25, 0.3) is 0 Å². The van der Waals surface area contributed by atoms with Gasteiger partial charge in [-0.15, -0.1) is 11.8 Å². The van der Waals surface area contributed by atoms with E-state index in [1.807, 2.05) is 18.2 Å². The molecule has 0 heterocycles. The van der Waals surface area contributed by atoms with Crippen LogP contribution < -0.4 is 0 Å². The van der Waals surface area contributed by atoms with Gasteiger partial charge in [0.15, 0.2) is 0 Å². The second kappa shape index (κ2) is 6.00. The summed E-state index contributed by atoms with van der Waals surface area (Å²) >= 11 is 7.25. The lowest BCUT2D eigenvalue weighted by Gasteiger charge is -2.08. The van der Waals surface area contributed by atoms with Crippen molar-refractivity contribution in [1.29, 1.82) is 0 Å². The number of hydrogen-bond acceptors (Lipinski definition) is 3. The Morgan fingerprint density at radius 2 is 2.13 bits per heavy atom. The monoisotopic (exact) mass is 246 g/mol. The highest BCUT2D eigenvalue weighted by Crippen LogP contribution is 2.27. The van der Waals surface area contributed by atoms with Gasteiger partial charge < -0.3 is 10.2 Å². The smallest absolute Gasteiger partial charge is 0.306 e. The Balaban J connectivity index is 2.43. The van der Waals surface area contributed by atoms with E-state index >= 15 is 0 Å². The predicted molar refractivity (Wildman–Crippen MR) is 60.4 cm³/mol. The Kier molecular flexibility index (Phi) is 4.94. The molecule has 0 aromatic heterocycles. The van der Waals surface area contributed by atoms with Crippen molar-refractivity contribution in [3.05, 3.63) is 29.3 Å². The average Bonchev–Trinajstić information content (AvgIpc) is 2.15. The zero-order valence-corrected chi connectivity index (χ0v) is 9.46. The van der Waals surface area contributed by atoms with Crippen molar-refractivity contribution in [3.8, 4) is 0 Å². The maximum absolute atomic E-state index is 10.3. The summed E-state index contributed by atoms with van der Waals surface area (Å²) in [4.78, 5) is 11.1. The van der Waals surface area contributed by atoms with E-state index in [0.29, 0.717) is 10.8 Å². The maximum atomic E-state index is 10.3. The summed E-state index contributed by atoms with van der Waals surface area (Å²) in [6.07, 6.45) is -1.08. The van der Waals surface area contributed by atoms with Crippen molar-refractivity contribution in [3.63, 3.8) is 0 Å². The van der Waals surface area contributed by atoms with E-state index in [-0.39, 0.29) is 6.42 Å². The van der Waals surface area contributed by atoms with E-state index in [9.17, 15) is 9.90 Å². The molecule has 1 unspecified atom stereocenters. The Labute approximate surface area is 97.1 Å². The summed E-state index contributed by atoms with van der Waals surface area (Å²) in [6, 6.07) is 7.26. The molecular weight excluding hydrogens is 236 g/mol. The Morgan fingerprint density at radius 1 is 1.47 bits per heavy atom. The molecule has 0 radical (unpaired) electrons. The number of aliphatic hydroxyl groups is 1. The molecule has 0 bridgehead atoms.